The highest BCUT2D eigenvalue weighted by Crippen LogP contribution is 2.22. The second kappa shape index (κ2) is 9.94. The SMILES string of the molecule is C[C@@H]1CN(c2ccc(NC(=O)CCCCCS(=O)(=O)C(C)(C)C)cc2)C[C@H](C)O1. The minimum atomic E-state index is -3.08. The number of hydrogen-bond acceptors (Lipinski definition) is 5. The summed E-state index contributed by atoms with van der Waals surface area (Å²) in [7, 11) is -3.08. The lowest BCUT2D eigenvalue weighted by molar-refractivity contribution is -0.116. The van der Waals surface area contributed by atoms with Crippen LogP contribution in [0.1, 0.15) is 60.3 Å². The smallest absolute Gasteiger partial charge is 0.224 e. The van der Waals surface area contributed by atoms with Crippen LogP contribution in [0.5, 0.6) is 0 Å². The molecule has 6 nitrogen and oxygen atoms in total. The van der Waals surface area contributed by atoms with E-state index in [0.717, 1.165) is 30.9 Å². The third-order valence-corrected chi connectivity index (χ3v) is 7.88. The van der Waals surface area contributed by atoms with Crippen LogP contribution in [0.25, 0.3) is 0 Å². The first-order chi connectivity index (χ1) is 13.5. The summed E-state index contributed by atoms with van der Waals surface area (Å²) < 4.78 is 29.2. The third-order valence-electron chi connectivity index (χ3n) is 5.19. The van der Waals surface area contributed by atoms with Gasteiger partial charge in [0.05, 0.1) is 22.7 Å². The summed E-state index contributed by atoms with van der Waals surface area (Å²) in [6.45, 7) is 11.1. The molecule has 1 heterocycles. The van der Waals surface area contributed by atoms with Crippen molar-refractivity contribution in [3.63, 3.8) is 0 Å². The standard InChI is InChI=1S/C22H36N2O4S/c1-17-15-24(16-18(2)28-17)20-12-10-19(11-13-20)23-21(25)9-7-6-8-14-29(26,27)22(3,4)5/h10-13,17-18H,6-9,14-16H2,1-5H3,(H,23,25)/t17-,18+. The minimum absolute atomic E-state index is 0.0370. The summed E-state index contributed by atoms with van der Waals surface area (Å²) in [6.07, 6.45) is 2.82. The van der Waals surface area contributed by atoms with Gasteiger partial charge in [-0.05, 0) is 71.7 Å². The Labute approximate surface area is 175 Å². The molecule has 0 bridgehead atoms. The van der Waals surface area contributed by atoms with Crippen LogP contribution in [-0.4, -0.2) is 50.1 Å². The third kappa shape index (κ3) is 7.30. The first-order valence-electron chi connectivity index (χ1n) is 10.5. The molecule has 0 radical (unpaired) electrons. The van der Waals surface area contributed by atoms with E-state index < -0.39 is 14.6 Å². The van der Waals surface area contributed by atoms with Gasteiger partial charge in [0, 0.05) is 30.9 Å². The first kappa shape index (κ1) is 23.7. The molecule has 1 aliphatic rings. The number of amides is 1. The van der Waals surface area contributed by atoms with Gasteiger partial charge in [0.25, 0.3) is 0 Å². The molecule has 0 aliphatic carbocycles. The molecule has 1 fully saturated rings. The van der Waals surface area contributed by atoms with Crippen molar-refractivity contribution in [3.8, 4) is 0 Å². The molecule has 0 saturated carbocycles. The number of rotatable bonds is 8. The van der Waals surface area contributed by atoms with Crippen molar-refractivity contribution >= 4 is 27.1 Å². The Kier molecular flexibility index (Phi) is 8.11. The van der Waals surface area contributed by atoms with Gasteiger partial charge in [-0.3, -0.25) is 4.79 Å². The van der Waals surface area contributed by atoms with Crippen molar-refractivity contribution in [1.29, 1.82) is 0 Å². The summed E-state index contributed by atoms with van der Waals surface area (Å²) in [5, 5.41) is 2.92. The number of unbranched alkanes of at least 4 members (excludes halogenated alkanes) is 2. The molecule has 164 valence electrons. The number of nitrogens with zero attached hydrogens (tertiary/aromatic N) is 1. The Morgan fingerprint density at radius 2 is 1.66 bits per heavy atom. The number of nitrogens with one attached hydrogen (secondary N) is 1. The quantitative estimate of drug-likeness (QED) is 0.638. The van der Waals surface area contributed by atoms with Crippen LogP contribution in [0.4, 0.5) is 11.4 Å². The number of benzene rings is 1. The average molecular weight is 425 g/mol. The van der Waals surface area contributed by atoms with Gasteiger partial charge in [-0.15, -0.1) is 0 Å². The van der Waals surface area contributed by atoms with Crippen LogP contribution in [0.3, 0.4) is 0 Å². The normalized spacial score (nSPS) is 20.5. The highest BCUT2D eigenvalue weighted by Gasteiger charge is 2.28. The molecule has 0 unspecified atom stereocenters. The molecule has 1 aliphatic heterocycles. The summed E-state index contributed by atoms with van der Waals surface area (Å²) in [6, 6.07) is 7.90. The van der Waals surface area contributed by atoms with Gasteiger partial charge in [-0.2, -0.15) is 0 Å². The maximum absolute atomic E-state index is 12.1. The van der Waals surface area contributed by atoms with Gasteiger partial charge in [0.15, 0.2) is 9.84 Å². The average Bonchev–Trinajstić information content (AvgIpc) is 2.60. The summed E-state index contributed by atoms with van der Waals surface area (Å²) in [4.78, 5) is 14.4. The fourth-order valence-corrected chi connectivity index (χ4v) is 4.62. The van der Waals surface area contributed by atoms with Crippen molar-refractivity contribution < 1.29 is 17.9 Å². The molecule has 2 atom stereocenters. The lowest BCUT2D eigenvalue weighted by atomic mass is 10.1. The van der Waals surface area contributed by atoms with Crippen LogP contribution in [-0.2, 0) is 19.4 Å². The maximum atomic E-state index is 12.1. The highest BCUT2D eigenvalue weighted by atomic mass is 32.2. The van der Waals surface area contributed by atoms with E-state index in [-0.39, 0.29) is 23.9 Å². The summed E-state index contributed by atoms with van der Waals surface area (Å²) in [5.74, 6) is 0.142. The van der Waals surface area contributed by atoms with Crippen LogP contribution in [0, 0.1) is 0 Å². The van der Waals surface area contributed by atoms with Crippen LogP contribution >= 0.6 is 0 Å². The zero-order valence-corrected chi connectivity index (χ0v) is 19.2. The zero-order valence-electron chi connectivity index (χ0n) is 18.4. The monoisotopic (exact) mass is 424 g/mol. The molecule has 0 spiro atoms. The van der Waals surface area contributed by atoms with E-state index in [2.05, 4.69) is 24.1 Å². The molecule has 7 heteroatoms. The van der Waals surface area contributed by atoms with E-state index in [1.165, 1.54) is 0 Å². The molecule has 1 saturated heterocycles. The fourth-order valence-electron chi connectivity index (χ4n) is 3.43. The summed E-state index contributed by atoms with van der Waals surface area (Å²) in [5.41, 5.74) is 1.91. The number of carbonyl (C=O) groups is 1. The molecule has 2 rings (SSSR count). The van der Waals surface area contributed by atoms with Gasteiger partial charge in [-0.1, -0.05) is 6.42 Å². The fraction of sp³-hybridized carbons (Fsp3) is 0.682. The second-order valence-electron chi connectivity index (χ2n) is 9.00. The number of sulfone groups is 1. The lowest BCUT2D eigenvalue weighted by Crippen LogP contribution is -2.45. The first-order valence-corrected chi connectivity index (χ1v) is 12.2. The van der Waals surface area contributed by atoms with Crippen molar-refractivity contribution in [2.45, 2.75) is 77.3 Å². The van der Waals surface area contributed by atoms with Gasteiger partial charge in [0.2, 0.25) is 5.91 Å². The van der Waals surface area contributed by atoms with Crippen LogP contribution in [0.2, 0.25) is 0 Å². The van der Waals surface area contributed by atoms with Crippen LogP contribution in [0.15, 0.2) is 24.3 Å². The number of carbonyl (C=O) groups excluding carboxylic acids is 1. The van der Waals surface area contributed by atoms with Gasteiger partial charge >= 0.3 is 0 Å². The predicted octanol–water partition coefficient (Wildman–Crippen LogP) is 4.01. The summed E-state index contributed by atoms with van der Waals surface area (Å²) >= 11 is 0. The lowest BCUT2D eigenvalue weighted by Gasteiger charge is -2.36. The Hall–Kier alpha value is -1.60. The molecular weight excluding hydrogens is 388 g/mol. The molecular formula is C22H36N2O4S. The van der Waals surface area contributed by atoms with Crippen molar-refractivity contribution in [2.75, 3.05) is 29.1 Å². The van der Waals surface area contributed by atoms with Crippen LogP contribution < -0.4 is 10.2 Å². The molecule has 1 amide bonds. The minimum Gasteiger partial charge on any atom is -0.372 e. The van der Waals surface area contributed by atoms with Crippen molar-refractivity contribution in [3.05, 3.63) is 24.3 Å². The number of anilines is 2. The van der Waals surface area contributed by atoms with Crippen molar-refractivity contribution in [1.82, 2.24) is 0 Å². The van der Waals surface area contributed by atoms with E-state index in [1.54, 1.807) is 20.8 Å². The molecule has 1 aromatic rings. The largest absolute Gasteiger partial charge is 0.372 e. The van der Waals surface area contributed by atoms with E-state index in [1.807, 2.05) is 24.3 Å². The number of hydrogen-bond donors (Lipinski definition) is 1. The van der Waals surface area contributed by atoms with E-state index in [4.69, 9.17) is 4.74 Å². The number of morpholine rings is 1. The topological polar surface area (TPSA) is 75.7 Å². The predicted molar refractivity (Wildman–Crippen MR) is 119 cm³/mol. The Morgan fingerprint density at radius 1 is 1.07 bits per heavy atom. The Morgan fingerprint density at radius 3 is 2.21 bits per heavy atom. The maximum Gasteiger partial charge on any atom is 0.224 e. The molecule has 1 N–H and O–H groups in total. The Balaban J connectivity index is 1.73. The second-order valence-corrected chi connectivity index (χ2v) is 11.9. The van der Waals surface area contributed by atoms with Crippen molar-refractivity contribution in [2.24, 2.45) is 0 Å². The van der Waals surface area contributed by atoms with E-state index in [0.29, 0.717) is 19.3 Å². The molecule has 29 heavy (non-hydrogen) atoms. The molecule has 0 aromatic heterocycles. The Bertz CT molecular complexity index is 759. The van der Waals surface area contributed by atoms with Gasteiger partial charge in [0.1, 0.15) is 0 Å². The number of ether oxygens (including phenoxy) is 1. The van der Waals surface area contributed by atoms with Gasteiger partial charge < -0.3 is 15.0 Å². The zero-order chi connectivity index (χ0) is 21.7. The van der Waals surface area contributed by atoms with E-state index in [9.17, 15) is 13.2 Å². The molecule has 1 aromatic carbocycles. The highest BCUT2D eigenvalue weighted by molar-refractivity contribution is 7.92. The van der Waals surface area contributed by atoms with Gasteiger partial charge in [-0.25, -0.2) is 8.42 Å². The van der Waals surface area contributed by atoms with E-state index >= 15 is 0 Å².